The van der Waals surface area contributed by atoms with Crippen LogP contribution in [0.15, 0.2) is 71.2 Å². The maximum absolute atomic E-state index is 13.9. The second-order valence-electron chi connectivity index (χ2n) is 9.47. The minimum Gasteiger partial charge on any atom is -0.508 e. The molecule has 1 saturated heterocycles. The Morgan fingerprint density at radius 2 is 1.84 bits per heavy atom. The zero-order valence-corrected chi connectivity index (χ0v) is 18.9. The Balaban J connectivity index is 1.76. The van der Waals surface area contributed by atoms with Crippen molar-refractivity contribution >= 4 is 23.2 Å². The van der Waals surface area contributed by atoms with Crippen LogP contribution < -0.4 is 5.32 Å². The Morgan fingerprint density at radius 1 is 1.12 bits per heavy atom. The van der Waals surface area contributed by atoms with Crippen LogP contribution in [0.3, 0.4) is 0 Å². The standard InChI is InChI=1S/C26H25ClN2O3/c1-26(2)13-18-22(20(31)14-26)21(17-5-3-4-6-19(17)30)23(25-28-11-12-29(18)25)24(32)15-7-9-16(27)10-8-15/h3-10,21,28,30H,11-14H2,1-2H3. The lowest BCUT2D eigenvalue weighted by Crippen LogP contribution is -2.40. The fourth-order valence-corrected chi connectivity index (χ4v) is 5.32. The molecule has 3 aliphatic rings. The van der Waals surface area contributed by atoms with E-state index in [1.807, 2.05) is 6.07 Å². The lowest BCUT2D eigenvalue weighted by atomic mass is 9.67. The summed E-state index contributed by atoms with van der Waals surface area (Å²) in [4.78, 5) is 29.5. The van der Waals surface area contributed by atoms with E-state index in [0.717, 1.165) is 17.9 Å². The number of ketones is 2. The van der Waals surface area contributed by atoms with Crippen LogP contribution in [0.2, 0.25) is 5.02 Å². The average Bonchev–Trinajstić information content (AvgIpc) is 3.22. The summed E-state index contributed by atoms with van der Waals surface area (Å²) in [7, 11) is 0. The fourth-order valence-electron chi connectivity index (χ4n) is 5.19. The largest absolute Gasteiger partial charge is 0.508 e. The first-order valence-corrected chi connectivity index (χ1v) is 11.2. The number of Topliss-reactive ketones (excluding diaryl/α,β-unsaturated/α-hetero) is 2. The van der Waals surface area contributed by atoms with E-state index in [-0.39, 0.29) is 22.7 Å². The smallest absolute Gasteiger partial charge is 0.193 e. The summed E-state index contributed by atoms with van der Waals surface area (Å²) in [6.07, 6.45) is 1.15. The number of allylic oxidation sites excluding steroid dienone is 3. The summed E-state index contributed by atoms with van der Waals surface area (Å²) in [6.45, 7) is 5.59. The van der Waals surface area contributed by atoms with Gasteiger partial charge in [-0.2, -0.15) is 0 Å². The number of benzene rings is 2. The molecule has 164 valence electrons. The number of para-hydroxylation sites is 1. The molecule has 1 aliphatic carbocycles. The van der Waals surface area contributed by atoms with Gasteiger partial charge in [-0.05, 0) is 42.2 Å². The third-order valence-electron chi connectivity index (χ3n) is 6.55. The van der Waals surface area contributed by atoms with Crippen molar-refractivity contribution in [3.8, 4) is 5.75 Å². The predicted octanol–water partition coefficient (Wildman–Crippen LogP) is 4.79. The molecule has 0 amide bonds. The van der Waals surface area contributed by atoms with E-state index in [4.69, 9.17) is 11.6 Å². The second-order valence-corrected chi connectivity index (χ2v) is 9.91. The Morgan fingerprint density at radius 3 is 2.56 bits per heavy atom. The maximum atomic E-state index is 13.9. The zero-order chi connectivity index (χ0) is 22.6. The number of carbonyl (C=O) groups is 2. The molecule has 2 aromatic carbocycles. The van der Waals surface area contributed by atoms with E-state index < -0.39 is 5.92 Å². The van der Waals surface area contributed by atoms with Crippen LogP contribution in [0.25, 0.3) is 0 Å². The molecule has 2 heterocycles. The molecule has 2 aromatic rings. The van der Waals surface area contributed by atoms with Crippen LogP contribution in [-0.2, 0) is 4.79 Å². The topological polar surface area (TPSA) is 69.6 Å². The van der Waals surface area contributed by atoms with Crippen LogP contribution in [0.4, 0.5) is 0 Å². The van der Waals surface area contributed by atoms with Gasteiger partial charge in [0.25, 0.3) is 0 Å². The molecule has 0 spiro atoms. The van der Waals surface area contributed by atoms with Gasteiger partial charge in [0.1, 0.15) is 11.6 Å². The number of fused-ring (bicyclic) bond motifs is 2. The number of rotatable bonds is 3. The number of carbonyl (C=O) groups excluding carboxylic acids is 2. The van der Waals surface area contributed by atoms with Crippen LogP contribution in [0.5, 0.6) is 5.75 Å². The Hall–Kier alpha value is -3.05. The van der Waals surface area contributed by atoms with Crippen molar-refractivity contribution in [2.45, 2.75) is 32.6 Å². The SMILES string of the molecule is CC1(C)CC(=O)C2=C(C1)N1CCNC1=C(C(=O)c1ccc(Cl)cc1)C2c1ccccc1O. The molecule has 1 unspecified atom stereocenters. The molecule has 0 bridgehead atoms. The number of halogens is 1. The highest BCUT2D eigenvalue weighted by atomic mass is 35.5. The van der Waals surface area contributed by atoms with Gasteiger partial charge in [-0.1, -0.05) is 43.6 Å². The highest BCUT2D eigenvalue weighted by Crippen LogP contribution is 2.51. The molecular weight excluding hydrogens is 424 g/mol. The highest BCUT2D eigenvalue weighted by Gasteiger charge is 2.47. The molecule has 1 fully saturated rings. The summed E-state index contributed by atoms with van der Waals surface area (Å²) in [5, 5.41) is 14.7. The summed E-state index contributed by atoms with van der Waals surface area (Å²) in [5.74, 6) is 0.0538. The molecule has 0 saturated carbocycles. The van der Waals surface area contributed by atoms with E-state index in [1.54, 1.807) is 42.5 Å². The average molecular weight is 449 g/mol. The summed E-state index contributed by atoms with van der Waals surface area (Å²) in [6, 6.07) is 13.8. The number of phenols is 1. The molecule has 32 heavy (non-hydrogen) atoms. The predicted molar refractivity (Wildman–Crippen MR) is 123 cm³/mol. The molecule has 2 aliphatic heterocycles. The van der Waals surface area contributed by atoms with Gasteiger partial charge in [0.2, 0.25) is 0 Å². The normalized spacial score (nSPS) is 21.9. The summed E-state index contributed by atoms with van der Waals surface area (Å²) < 4.78 is 0. The number of phenolic OH excluding ortho intramolecular Hbond substituents is 1. The molecule has 5 rings (SSSR count). The number of nitrogens with one attached hydrogen (secondary N) is 1. The first-order valence-electron chi connectivity index (χ1n) is 10.9. The van der Waals surface area contributed by atoms with Crippen molar-refractivity contribution in [2.24, 2.45) is 5.41 Å². The third-order valence-corrected chi connectivity index (χ3v) is 6.80. The fraction of sp³-hybridized carbons (Fsp3) is 0.308. The van der Waals surface area contributed by atoms with Crippen molar-refractivity contribution in [3.05, 3.63) is 87.3 Å². The number of nitrogens with zero attached hydrogens (tertiary/aromatic N) is 1. The van der Waals surface area contributed by atoms with Gasteiger partial charge in [-0.3, -0.25) is 9.59 Å². The third kappa shape index (κ3) is 3.32. The summed E-state index contributed by atoms with van der Waals surface area (Å²) in [5.41, 5.74) is 3.01. The molecule has 2 N–H and O–H groups in total. The Bertz CT molecular complexity index is 1190. The van der Waals surface area contributed by atoms with E-state index >= 15 is 0 Å². The first-order chi connectivity index (χ1) is 15.3. The number of hydrogen-bond donors (Lipinski definition) is 2. The van der Waals surface area contributed by atoms with E-state index in [9.17, 15) is 14.7 Å². The van der Waals surface area contributed by atoms with Crippen molar-refractivity contribution in [2.75, 3.05) is 13.1 Å². The molecule has 0 radical (unpaired) electrons. The van der Waals surface area contributed by atoms with E-state index in [2.05, 4.69) is 24.1 Å². The van der Waals surface area contributed by atoms with Gasteiger partial charge >= 0.3 is 0 Å². The van der Waals surface area contributed by atoms with Gasteiger partial charge in [0.05, 0.1) is 11.5 Å². The van der Waals surface area contributed by atoms with Crippen molar-refractivity contribution in [1.82, 2.24) is 10.2 Å². The summed E-state index contributed by atoms with van der Waals surface area (Å²) >= 11 is 6.04. The Labute approximate surface area is 192 Å². The van der Waals surface area contributed by atoms with Gasteiger partial charge in [0, 0.05) is 46.9 Å². The number of aromatic hydroxyl groups is 1. The minimum atomic E-state index is -0.630. The quantitative estimate of drug-likeness (QED) is 0.661. The number of hydrogen-bond acceptors (Lipinski definition) is 5. The lowest BCUT2D eigenvalue weighted by Gasteiger charge is -2.43. The van der Waals surface area contributed by atoms with Crippen LogP contribution in [-0.4, -0.2) is 34.7 Å². The first kappa shape index (κ1) is 20.8. The van der Waals surface area contributed by atoms with Crippen molar-refractivity contribution in [1.29, 1.82) is 0 Å². The molecule has 6 heteroatoms. The van der Waals surface area contributed by atoms with Gasteiger partial charge in [-0.25, -0.2) is 0 Å². The van der Waals surface area contributed by atoms with Gasteiger partial charge < -0.3 is 15.3 Å². The molecule has 0 aromatic heterocycles. The van der Waals surface area contributed by atoms with Crippen LogP contribution in [0, 0.1) is 5.41 Å². The van der Waals surface area contributed by atoms with Crippen molar-refractivity contribution < 1.29 is 14.7 Å². The Kier molecular flexibility index (Phi) is 4.90. The minimum absolute atomic E-state index is 0.0388. The monoisotopic (exact) mass is 448 g/mol. The van der Waals surface area contributed by atoms with E-state index in [1.165, 1.54) is 0 Å². The highest BCUT2D eigenvalue weighted by molar-refractivity contribution is 6.30. The lowest BCUT2D eigenvalue weighted by molar-refractivity contribution is -0.118. The van der Waals surface area contributed by atoms with E-state index in [0.29, 0.717) is 46.8 Å². The maximum Gasteiger partial charge on any atom is 0.193 e. The zero-order valence-electron chi connectivity index (χ0n) is 18.1. The molecule has 5 nitrogen and oxygen atoms in total. The van der Waals surface area contributed by atoms with Gasteiger partial charge in [0.15, 0.2) is 11.6 Å². The van der Waals surface area contributed by atoms with Crippen LogP contribution in [0.1, 0.15) is 48.5 Å². The van der Waals surface area contributed by atoms with Crippen molar-refractivity contribution in [3.63, 3.8) is 0 Å². The second kappa shape index (κ2) is 7.52. The molecule has 1 atom stereocenters. The molecular formula is C26H25ClN2O3. The van der Waals surface area contributed by atoms with Gasteiger partial charge in [-0.15, -0.1) is 0 Å². The van der Waals surface area contributed by atoms with Crippen LogP contribution >= 0.6 is 11.6 Å².